The molecule has 1 heterocycles. The van der Waals surface area contributed by atoms with E-state index in [9.17, 15) is 0 Å². The van der Waals surface area contributed by atoms with Crippen LogP contribution in [0.3, 0.4) is 0 Å². The Kier molecular flexibility index (Phi) is 4.65. The topological polar surface area (TPSA) is 76.4 Å². The van der Waals surface area contributed by atoms with Crippen LogP contribution in [0.15, 0.2) is 27.7 Å². The summed E-state index contributed by atoms with van der Waals surface area (Å²) in [6, 6.07) is 6.37. The number of aryl methyl sites for hydroxylation is 3. The van der Waals surface area contributed by atoms with Gasteiger partial charge in [0.2, 0.25) is 0 Å². The smallest absolute Gasteiger partial charge is 0.193 e. The maximum atomic E-state index is 6.08. The van der Waals surface area contributed by atoms with E-state index in [4.69, 9.17) is 10.3 Å². The molecule has 1 aliphatic rings. The molecule has 0 atom stereocenters. The molecule has 0 unspecified atom stereocenters. The highest BCUT2D eigenvalue weighted by molar-refractivity contribution is 5.93. The molecule has 0 saturated carbocycles. The van der Waals surface area contributed by atoms with Crippen molar-refractivity contribution in [2.75, 3.05) is 5.32 Å². The number of aromatic nitrogens is 1. The van der Waals surface area contributed by atoms with E-state index in [1.165, 1.54) is 24.0 Å². The average Bonchev–Trinajstić information content (AvgIpc) is 2.93. The molecule has 0 amide bonds. The minimum absolute atomic E-state index is 0.437. The third-order valence-electron chi connectivity index (χ3n) is 4.47. The van der Waals surface area contributed by atoms with Crippen molar-refractivity contribution in [3.8, 4) is 0 Å². The Balaban J connectivity index is 1.74. The molecule has 1 aromatic heterocycles. The molecule has 0 aliphatic heterocycles. The van der Waals surface area contributed by atoms with Gasteiger partial charge in [-0.15, -0.1) is 0 Å². The highest BCUT2D eigenvalue weighted by Crippen LogP contribution is 2.27. The fourth-order valence-electron chi connectivity index (χ4n) is 3.16. The monoisotopic (exact) mass is 312 g/mol. The number of hydrogen-bond acceptors (Lipinski definition) is 3. The molecule has 122 valence electrons. The molecular formula is C18H24N4O. The summed E-state index contributed by atoms with van der Waals surface area (Å²) in [6.45, 7) is 4.46. The predicted octanol–water partition coefficient (Wildman–Crippen LogP) is 3.35. The van der Waals surface area contributed by atoms with E-state index in [0.29, 0.717) is 12.5 Å². The van der Waals surface area contributed by atoms with Gasteiger partial charge in [-0.3, -0.25) is 0 Å². The van der Waals surface area contributed by atoms with E-state index >= 15 is 0 Å². The van der Waals surface area contributed by atoms with Gasteiger partial charge in [0.1, 0.15) is 5.76 Å². The molecule has 1 aliphatic carbocycles. The Hall–Kier alpha value is -2.30. The van der Waals surface area contributed by atoms with E-state index in [2.05, 4.69) is 40.6 Å². The molecule has 5 nitrogen and oxygen atoms in total. The van der Waals surface area contributed by atoms with Gasteiger partial charge in [-0.2, -0.15) is 0 Å². The van der Waals surface area contributed by atoms with Gasteiger partial charge in [0.25, 0.3) is 0 Å². The fourth-order valence-corrected chi connectivity index (χ4v) is 3.16. The number of fused-ring (bicyclic) bond motifs is 1. The largest absolute Gasteiger partial charge is 0.370 e. The molecule has 0 fully saturated rings. The van der Waals surface area contributed by atoms with Crippen LogP contribution in [0.25, 0.3) is 0 Å². The van der Waals surface area contributed by atoms with Crippen molar-refractivity contribution in [2.45, 2.75) is 52.5 Å². The van der Waals surface area contributed by atoms with E-state index in [1.807, 2.05) is 6.92 Å². The molecule has 0 spiro atoms. The summed E-state index contributed by atoms with van der Waals surface area (Å²) in [5.74, 6) is 1.25. The Morgan fingerprint density at radius 1 is 1.35 bits per heavy atom. The maximum absolute atomic E-state index is 6.08. The van der Waals surface area contributed by atoms with Crippen LogP contribution in [0, 0.1) is 6.92 Å². The van der Waals surface area contributed by atoms with Crippen molar-refractivity contribution >= 4 is 11.6 Å². The summed E-state index contributed by atoms with van der Waals surface area (Å²) in [5.41, 5.74) is 12.0. The van der Waals surface area contributed by atoms with E-state index in [-0.39, 0.29) is 0 Å². The summed E-state index contributed by atoms with van der Waals surface area (Å²) < 4.78 is 5.23. The molecule has 0 bridgehead atoms. The van der Waals surface area contributed by atoms with Crippen molar-refractivity contribution < 1.29 is 4.52 Å². The van der Waals surface area contributed by atoms with Crippen LogP contribution in [0.1, 0.15) is 47.9 Å². The SMILES string of the molecule is CCc1noc(C)c1CN=C(N)Nc1cccc2c1CCCC2. The number of nitrogens with two attached hydrogens (primary N) is 1. The van der Waals surface area contributed by atoms with Crippen LogP contribution in [-0.2, 0) is 25.8 Å². The van der Waals surface area contributed by atoms with E-state index in [0.717, 1.165) is 42.0 Å². The summed E-state index contributed by atoms with van der Waals surface area (Å²) in [7, 11) is 0. The number of anilines is 1. The van der Waals surface area contributed by atoms with Crippen LogP contribution in [-0.4, -0.2) is 11.1 Å². The summed E-state index contributed by atoms with van der Waals surface area (Å²) in [6.07, 6.45) is 5.61. The van der Waals surface area contributed by atoms with Gasteiger partial charge < -0.3 is 15.6 Å². The number of guanidine groups is 1. The van der Waals surface area contributed by atoms with Crippen LogP contribution in [0.2, 0.25) is 0 Å². The van der Waals surface area contributed by atoms with Crippen LogP contribution in [0.4, 0.5) is 5.69 Å². The quantitative estimate of drug-likeness (QED) is 0.670. The van der Waals surface area contributed by atoms with E-state index in [1.54, 1.807) is 0 Å². The molecule has 3 rings (SSSR count). The third-order valence-corrected chi connectivity index (χ3v) is 4.47. The second kappa shape index (κ2) is 6.86. The number of nitrogens with zero attached hydrogens (tertiary/aromatic N) is 2. The number of hydrogen-bond donors (Lipinski definition) is 2. The third kappa shape index (κ3) is 3.38. The fraction of sp³-hybridized carbons (Fsp3) is 0.444. The first kappa shape index (κ1) is 15.6. The normalized spacial score (nSPS) is 14.6. The zero-order valence-electron chi connectivity index (χ0n) is 13.9. The lowest BCUT2D eigenvalue weighted by Crippen LogP contribution is -2.24. The van der Waals surface area contributed by atoms with Gasteiger partial charge in [-0.05, 0) is 56.2 Å². The highest BCUT2D eigenvalue weighted by atomic mass is 16.5. The van der Waals surface area contributed by atoms with Crippen molar-refractivity contribution in [1.82, 2.24) is 5.16 Å². The minimum atomic E-state index is 0.437. The predicted molar refractivity (Wildman–Crippen MR) is 92.7 cm³/mol. The standard InChI is InChI=1S/C18H24N4O/c1-3-16-15(12(2)23-22-16)11-20-18(19)21-17-10-6-8-13-7-4-5-9-14(13)17/h6,8,10H,3-5,7,9,11H2,1-2H3,(H3,19,20,21). The number of nitrogens with one attached hydrogen (secondary N) is 1. The number of rotatable bonds is 4. The molecule has 2 aromatic rings. The zero-order chi connectivity index (χ0) is 16.2. The van der Waals surface area contributed by atoms with Crippen molar-refractivity contribution in [3.63, 3.8) is 0 Å². The van der Waals surface area contributed by atoms with Crippen LogP contribution < -0.4 is 11.1 Å². The molecule has 5 heteroatoms. The van der Waals surface area contributed by atoms with Crippen LogP contribution in [0.5, 0.6) is 0 Å². The average molecular weight is 312 g/mol. The maximum Gasteiger partial charge on any atom is 0.193 e. The van der Waals surface area contributed by atoms with Crippen molar-refractivity contribution in [2.24, 2.45) is 10.7 Å². The molecular weight excluding hydrogens is 288 g/mol. The van der Waals surface area contributed by atoms with Gasteiger partial charge in [0.05, 0.1) is 12.2 Å². The second-order valence-electron chi connectivity index (χ2n) is 5.99. The first-order valence-corrected chi connectivity index (χ1v) is 8.30. The van der Waals surface area contributed by atoms with Gasteiger partial charge in [0, 0.05) is 11.3 Å². The summed E-state index contributed by atoms with van der Waals surface area (Å²) >= 11 is 0. The number of benzene rings is 1. The molecule has 23 heavy (non-hydrogen) atoms. The summed E-state index contributed by atoms with van der Waals surface area (Å²) in [4.78, 5) is 4.46. The van der Waals surface area contributed by atoms with Crippen LogP contribution >= 0.6 is 0 Å². The highest BCUT2D eigenvalue weighted by Gasteiger charge is 2.14. The first-order valence-electron chi connectivity index (χ1n) is 8.30. The van der Waals surface area contributed by atoms with Gasteiger partial charge in [0.15, 0.2) is 5.96 Å². The Morgan fingerprint density at radius 3 is 3.00 bits per heavy atom. The lowest BCUT2D eigenvalue weighted by atomic mass is 9.90. The molecule has 1 aromatic carbocycles. The minimum Gasteiger partial charge on any atom is -0.370 e. The Morgan fingerprint density at radius 2 is 2.17 bits per heavy atom. The first-order chi connectivity index (χ1) is 11.2. The second-order valence-corrected chi connectivity index (χ2v) is 5.99. The number of aliphatic imine (C=N–C) groups is 1. The zero-order valence-corrected chi connectivity index (χ0v) is 13.9. The molecule has 0 saturated heterocycles. The lowest BCUT2D eigenvalue weighted by molar-refractivity contribution is 0.390. The van der Waals surface area contributed by atoms with Gasteiger partial charge in [-0.25, -0.2) is 4.99 Å². The molecule has 0 radical (unpaired) electrons. The van der Waals surface area contributed by atoms with Crippen molar-refractivity contribution in [3.05, 3.63) is 46.3 Å². The Bertz CT molecular complexity index is 718. The lowest BCUT2D eigenvalue weighted by Gasteiger charge is -2.19. The molecule has 3 N–H and O–H groups in total. The Labute approximate surface area is 137 Å². The van der Waals surface area contributed by atoms with Gasteiger partial charge >= 0.3 is 0 Å². The van der Waals surface area contributed by atoms with Crippen molar-refractivity contribution in [1.29, 1.82) is 0 Å². The van der Waals surface area contributed by atoms with Gasteiger partial charge in [-0.1, -0.05) is 24.2 Å². The van der Waals surface area contributed by atoms with E-state index < -0.39 is 0 Å². The summed E-state index contributed by atoms with van der Waals surface area (Å²) in [5, 5.41) is 7.31.